The van der Waals surface area contributed by atoms with Crippen molar-refractivity contribution in [3.63, 3.8) is 0 Å². The average molecular weight is 612 g/mol. The van der Waals surface area contributed by atoms with Crippen molar-refractivity contribution in [2.45, 2.75) is 71.5 Å². The van der Waals surface area contributed by atoms with E-state index < -0.39 is 6.04 Å². The second-order valence-corrected chi connectivity index (χ2v) is 12.0. The monoisotopic (exact) mass is 611 g/mol. The molecule has 0 aliphatic heterocycles. The second-order valence-electron chi connectivity index (χ2n) is 12.0. The summed E-state index contributed by atoms with van der Waals surface area (Å²) in [4.78, 5) is 37.5. The van der Waals surface area contributed by atoms with E-state index in [1.54, 1.807) is 0 Å². The maximum absolute atomic E-state index is 13.8. The maximum atomic E-state index is 13.8. The minimum atomic E-state index is -0.520. The summed E-state index contributed by atoms with van der Waals surface area (Å²) in [6, 6.07) is 26.6. The van der Waals surface area contributed by atoms with Crippen LogP contribution in [0.5, 0.6) is 0 Å². The Morgan fingerprint density at radius 2 is 0.957 bits per heavy atom. The van der Waals surface area contributed by atoms with E-state index in [9.17, 15) is 9.59 Å². The van der Waals surface area contributed by atoms with Gasteiger partial charge in [-0.3, -0.25) is 9.59 Å². The molecule has 4 aromatic carbocycles. The van der Waals surface area contributed by atoms with Crippen molar-refractivity contribution in [2.75, 3.05) is 0 Å². The van der Waals surface area contributed by atoms with Gasteiger partial charge in [-0.15, -0.1) is 0 Å². The molecule has 6 aromatic rings. The number of aryl methyl sites for hydroxylation is 2. The fourth-order valence-corrected chi connectivity index (χ4v) is 6.54. The van der Waals surface area contributed by atoms with Crippen LogP contribution < -0.4 is 16.4 Å². The first-order valence-corrected chi connectivity index (χ1v) is 16.4. The van der Waals surface area contributed by atoms with Gasteiger partial charge in [0, 0.05) is 39.7 Å². The van der Waals surface area contributed by atoms with Gasteiger partial charge in [-0.25, -0.2) is 9.97 Å². The smallest absolute Gasteiger partial charge is 0.253 e. The van der Waals surface area contributed by atoms with E-state index in [1.807, 2.05) is 62.4 Å². The number of hydrogen-bond acceptors (Lipinski definition) is 5. The normalized spacial score (nSPS) is 13.6. The number of fused-ring (bicyclic) bond motifs is 4. The van der Waals surface area contributed by atoms with Gasteiger partial charge in [0.25, 0.3) is 11.8 Å². The molecule has 0 radical (unpaired) electrons. The Kier molecular flexibility index (Phi) is 8.95. The minimum Gasteiger partial charge on any atom is -0.348 e. The van der Waals surface area contributed by atoms with Crippen molar-refractivity contribution in [1.29, 1.82) is 0 Å². The molecule has 234 valence electrons. The highest BCUT2D eigenvalue weighted by atomic mass is 16.2. The molecule has 2 unspecified atom stereocenters. The lowest BCUT2D eigenvalue weighted by atomic mass is 9.95. The molecule has 2 aromatic heterocycles. The Morgan fingerprint density at radius 1 is 0.587 bits per heavy atom. The molecule has 46 heavy (non-hydrogen) atoms. The molecule has 2 heterocycles. The van der Waals surface area contributed by atoms with E-state index >= 15 is 0 Å². The van der Waals surface area contributed by atoms with E-state index in [0.29, 0.717) is 35.0 Å². The van der Waals surface area contributed by atoms with E-state index in [1.165, 1.54) is 0 Å². The lowest BCUT2D eigenvalue weighted by molar-refractivity contribution is 0.0909. The lowest BCUT2D eigenvalue weighted by Crippen LogP contribution is -2.58. The zero-order chi connectivity index (χ0) is 32.4. The molecule has 6 rings (SSSR count). The standard InChI is InChI=1S/C39H41N5O2/c1-5-23-13-9-15-25-21-27-17-11-19-29(36(27)43-34(23)25)38(45)41-31(7-3)33(40)32(8-4)42-39(46)30-20-12-18-28-22-26-16-10-14-24(6-2)35(26)44-37(28)30/h9-22,31-33H,5-8,40H2,1-4H3,(H,41,45)(H,42,46). The van der Waals surface area contributed by atoms with Gasteiger partial charge in [0.1, 0.15) is 0 Å². The van der Waals surface area contributed by atoms with Gasteiger partial charge in [-0.05, 0) is 61.1 Å². The summed E-state index contributed by atoms with van der Waals surface area (Å²) in [6.45, 7) is 8.20. The number of amides is 2. The zero-order valence-electron chi connectivity index (χ0n) is 26.9. The number of para-hydroxylation sites is 4. The molecule has 7 heteroatoms. The van der Waals surface area contributed by atoms with Crippen LogP contribution in [0.15, 0.2) is 84.9 Å². The van der Waals surface area contributed by atoms with Gasteiger partial charge in [-0.1, -0.05) is 88.4 Å². The molecule has 0 aliphatic rings. The Bertz CT molecular complexity index is 1940. The largest absolute Gasteiger partial charge is 0.348 e. The summed E-state index contributed by atoms with van der Waals surface area (Å²) in [5.41, 5.74) is 13.3. The van der Waals surface area contributed by atoms with E-state index in [4.69, 9.17) is 15.7 Å². The highest BCUT2D eigenvalue weighted by Crippen LogP contribution is 2.27. The van der Waals surface area contributed by atoms with Gasteiger partial charge in [0.15, 0.2) is 0 Å². The highest BCUT2D eigenvalue weighted by molar-refractivity contribution is 6.09. The molecular formula is C39H41N5O2. The summed E-state index contributed by atoms with van der Waals surface area (Å²) in [6.07, 6.45) is 2.91. The van der Waals surface area contributed by atoms with Crippen LogP contribution in [0, 0.1) is 0 Å². The topological polar surface area (TPSA) is 110 Å². The Balaban J connectivity index is 1.25. The summed E-state index contributed by atoms with van der Waals surface area (Å²) in [7, 11) is 0. The van der Waals surface area contributed by atoms with Crippen LogP contribution >= 0.6 is 0 Å². The molecule has 2 atom stereocenters. The third-order valence-corrected chi connectivity index (χ3v) is 9.20. The van der Waals surface area contributed by atoms with Crippen LogP contribution in [-0.2, 0) is 12.8 Å². The van der Waals surface area contributed by atoms with Crippen molar-refractivity contribution in [3.8, 4) is 0 Å². The summed E-state index contributed by atoms with van der Waals surface area (Å²) < 4.78 is 0. The molecule has 2 amide bonds. The van der Waals surface area contributed by atoms with Crippen LogP contribution in [0.3, 0.4) is 0 Å². The van der Waals surface area contributed by atoms with Crippen LogP contribution in [0.2, 0.25) is 0 Å². The molecule has 4 N–H and O–H groups in total. The second kappa shape index (κ2) is 13.2. The van der Waals surface area contributed by atoms with Gasteiger partial charge in [0.05, 0.1) is 33.2 Å². The fraction of sp³-hybridized carbons (Fsp3) is 0.282. The Morgan fingerprint density at radius 3 is 1.33 bits per heavy atom. The van der Waals surface area contributed by atoms with Crippen molar-refractivity contribution in [3.05, 3.63) is 107 Å². The first kappa shape index (κ1) is 31.1. The molecule has 0 spiro atoms. The molecule has 0 saturated heterocycles. The summed E-state index contributed by atoms with van der Waals surface area (Å²) >= 11 is 0. The van der Waals surface area contributed by atoms with Gasteiger partial charge in [-0.2, -0.15) is 0 Å². The van der Waals surface area contributed by atoms with Crippen molar-refractivity contribution in [2.24, 2.45) is 5.73 Å². The third kappa shape index (κ3) is 5.79. The molecule has 0 fully saturated rings. The van der Waals surface area contributed by atoms with Gasteiger partial charge >= 0.3 is 0 Å². The summed E-state index contributed by atoms with van der Waals surface area (Å²) in [5, 5.41) is 10.3. The van der Waals surface area contributed by atoms with Gasteiger partial charge in [0.2, 0.25) is 0 Å². The molecule has 7 nitrogen and oxygen atoms in total. The predicted octanol–water partition coefficient (Wildman–Crippen LogP) is 7.26. The number of nitrogens with two attached hydrogens (primary N) is 1. The van der Waals surface area contributed by atoms with Crippen LogP contribution in [0.25, 0.3) is 43.6 Å². The van der Waals surface area contributed by atoms with E-state index in [0.717, 1.165) is 56.5 Å². The predicted molar refractivity (Wildman–Crippen MR) is 188 cm³/mol. The Hall–Kier alpha value is -4.88. The van der Waals surface area contributed by atoms with Crippen molar-refractivity contribution < 1.29 is 9.59 Å². The first-order chi connectivity index (χ1) is 22.4. The SMILES string of the molecule is CCc1cccc2cc3cccc(C(=O)NC(CC)C(N)C(CC)NC(=O)c4cccc5cc6cccc(CC)c6nc45)c3nc12. The number of aromatic nitrogens is 2. The average Bonchev–Trinajstić information content (AvgIpc) is 3.09. The number of benzene rings is 4. The molecular weight excluding hydrogens is 570 g/mol. The third-order valence-electron chi connectivity index (χ3n) is 9.20. The molecule has 0 bridgehead atoms. The molecule has 0 aliphatic carbocycles. The van der Waals surface area contributed by atoms with Gasteiger partial charge < -0.3 is 16.4 Å². The first-order valence-electron chi connectivity index (χ1n) is 16.4. The number of carbonyl (C=O) groups excluding carboxylic acids is 2. The zero-order valence-corrected chi connectivity index (χ0v) is 26.9. The number of nitrogens with one attached hydrogen (secondary N) is 2. The number of pyridine rings is 2. The van der Waals surface area contributed by atoms with Crippen LogP contribution in [0.4, 0.5) is 0 Å². The number of rotatable bonds is 10. The summed E-state index contributed by atoms with van der Waals surface area (Å²) in [5.74, 6) is -0.460. The van der Waals surface area contributed by atoms with Crippen molar-refractivity contribution >= 4 is 55.4 Å². The van der Waals surface area contributed by atoms with E-state index in [2.05, 4.69) is 60.9 Å². The van der Waals surface area contributed by atoms with Crippen LogP contribution in [-0.4, -0.2) is 39.9 Å². The fourth-order valence-electron chi connectivity index (χ4n) is 6.54. The molecule has 0 saturated carbocycles. The lowest BCUT2D eigenvalue weighted by Gasteiger charge is -2.31. The number of carbonyl (C=O) groups is 2. The Labute approximate surface area is 269 Å². The quantitative estimate of drug-likeness (QED) is 0.141. The van der Waals surface area contributed by atoms with Crippen LogP contribution in [0.1, 0.15) is 72.4 Å². The highest BCUT2D eigenvalue weighted by Gasteiger charge is 2.28. The van der Waals surface area contributed by atoms with Crippen molar-refractivity contribution in [1.82, 2.24) is 20.6 Å². The maximum Gasteiger partial charge on any atom is 0.253 e. The van der Waals surface area contributed by atoms with E-state index in [-0.39, 0.29) is 23.9 Å². The minimum absolute atomic E-state index is 0.230. The number of hydrogen-bond donors (Lipinski definition) is 3. The number of nitrogens with zero attached hydrogens (tertiary/aromatic N) is 2.